The van der Waals surface area contributed by atoms with E-state index in [1.807, 2.05) is 44.2 Å². The fraction of sp³-hybridized carbons (Fsp3) is 0.448. The predicted molar refractivity (Wildman–Crippen MR) is 148 cm³/mol. The van der Waals surface area contributed by atoms with Gasteiger partial charge in [0.2, 0.25) is 17.7 Å². The van der Waals surface area contributed by atoms with E-state index in [4.69, 9.17) is 5.73 Å². The first kappa shape index (κ1) is 31.3. The van der Waals surface area contributed by atoms with Gasteiger partial charge in [-0.25, -0.2) is 4.79 Å². The molecule has 2 rings (SSSR count). The molecule has 0 aliphatic rings. The number of phenolic OH excluding ortho intramolecular Hbond substituents is 1. The lowest BCUT2D eigenvalue weighted by molar-refractivity contribution is -0.143. The minimum atomic E-state index is -1.19. The van der Waals surface area contributed by atoms with E-state index in [1.165, 1.54) is 12.1 Å². The second kappa shape index (κ2) is 14.9. The zero-order chi connectivity index (χ0) is 29.1. The van der Waals surface area contributed by atoms with E-state index < -0.39 is 53.8 Å². The summed E-state index contributed by atoms with van der Waals surface area (Å²) in [6, 6.07) is 11.1. The Morgan fingerprint density at radius 2 is 1.23 bits per heavy atom. The lowest BCUT2D eigenvalue weighted by Crippen LogP contribution is -2.58. The standard InChI is InChI=1S/C29H40N4O6/c1-17(2)14-22(30)26(35)31-23(15-19-8-6-5-7-9-19)27(36)32-24(16-20-10-12-21(34)13-11-20)28(37)33-25(18(3)4)29(38)39/h5-13,17-18,22-25,34H,14-16,30H2,1-4H3,(H,31,35)(H,32,36)(H,33,37)(H,38,39). The molecular weight excluding hydrogens is 500 g/mol. The van der Waals surface area contributed by atoms with Crippen LogP contribution >= 0.6 is 0 Å². The minimum Gasteiger partial charge on any atom is -0.508 e. The number of nitrogens with two attached hydrogens (primary N) is 1. The summed E-state index contributed by atoms with van der Waals surface area (Å²) in [6.07, 6.45) is 0.619. The molecule has 0 aromatic heterocycles. The molecule has 0 heterocycles. The highest BCUT2D eigenvalue weighted by atomic mass is 16.4. The van der Waals surface area contributed by atoms with Crippen LogP contribution in [-0.4, -0.2) is 58.1 Å². The van der Waals surface area contributed by atoms with Crippen molar-refractivity contribution in [2.75, 3.05) is 0 Å². The van der Waals surface area contributed by atoms with E-state index in [-0.39, 0.29) is 24.5 Å². The maximum Gasteiger partial charge on any atom is 0.326 e. The number of amides is 3. The first-order valence-electron chi connectivity index (χ1n) is 13.1. The van der Waals surface area contributed by atoms with Crippen LogP contribution in [0.15, 0.2) is 54.6 Å². The van der Waals surface area contributed by atoms with Gasteiger partial charge in [0, 0.05) is 12.8 Å². The van der Waals surface area contributed by atoms with Gasteiger partial charge in [-0.1, -0.05) is 70.2 Å². The molecule has 0 saturated heterocycles. The molecule has 0 radical (unpaired) electrons. The number of phenols is 1. The van der Waals surface area contributed by atoms with Gasteiger partial charge in [-0.2, -0.15) is 0 Å². The highest BCUT2D eigenvalue weighted by Gasteiger charge is 2.31. The van der Waals surface area contributed by atoms with Crippen LogP contribution in [0.25, 0.3) is 0 Å². The van der Waals surface area contributed by atoms with Gasteiger partial charge in [-0.3, -0.25) is 14.4 Å². The van der Waals surface area contributed by atoms with E-state index in [1.54, 1.807) is 26.0 Å². The highest BCUT2D eigenvalue weighted by molar-refractivity contribution is 5.94. The summed E-state index contributed by atoms with van der Waals surface area (Å²) >= 11 is 0. The number of benzene rings is 2. The van der Waals surface area contributed by atoms with Gasteiger partial charge >= 0.3 is 5.97 Å². The molecule has 10 heteroatoms. The van der Waals surface area contributed by atoms with Crippen molar-refractivity contribution in [3.05, 3.63) is 65.7 Å². The molecule has 0 spiro atoms. The summed E-state index contributed by atoms with van der Waals surface area (Å²) in [5.74, 6) is -3.15. The number of hydrogen-bond donors (Lipinski definition) is 6. The fourth-order valence-electron chi connectivity index (χ4n) is 4.07. The van der Waals surface area contributed by atoms with Crippen molar-refractivity contribution in [3.63, 3.8) is 0 Å². The minimum absolute atomic E-state index is 0.0289. The van der Waals surface area contributed by atoms with Crippen LogP contribution in [0.1, 0.15) is 45.2 Å². The topological polar surface area (TPSA) is 171 Å². The normalized spacial score (nSPS) is 14.2. The van der Waals surface area contributed by atoms with E-state index >= 15 is 0 Å². The SMILES string of the molecule is CC(C)CC(N)C(=O)NC(Cc1ccccc1)C(=O)NC(Cc1ccc(O)cc1)C(=O)NC(C(=O)O)C(C)C. The molecule has 4 atom stereocenters. The van der Waals surface area contributed by atoms with E-state index in [9.17, 15) is 29.4 Å². The third-order valence-electron chi connectivity index (χ3n) is 6.22. The first-order valence-corrected chi connectivity index (χ1v) is 13.1. The largest absolute Gasteiger partial charge is 0.508 e. The second-order valence-corrected chi connectivity index (χ2v) is 10.5. The molecular formula is C29H40N4O6. The van der Waals surface area contributed by atoms with Crippen molar-refractivity contribution in [1.82, 2.24) is 16.0 Å². The second-order valence-electron chi connectivity index (χ2n) is 10.5. The Balaban J connectivity index is 2.32. The summed E-state index contributed by atoms with van der Waals surface area (Å²) in [7, 11) is 0. The number of aromatic hydroxyl groups is 1. The molecule has 4 unspecified atom stereocenters. The van der Waals surface area contributed by atoms with Gasteiger partial charge in [0.1, 0.15) is 23.9 Å². The number of rotatable bonds is 14. The third kappa shape index (κ3) is 10.4. The Bertz CT molecular complexity index is 1100. The van der Waals surface area contributed by atoms with Crippen LogP contribution in [0.4, 0.5) is 0 Å². The van der Waals surface area contributed by atoms with E-state index in [0.29, 0.717) is 12.0 Å². The van der Waals surface area contributed by atoms with Crippen molar-refractivity contribution >= 4 is 23.7 Å². The molecule has 2 aromatic rings. The average molecular weight is 541 g/mol. The summed E-state index contributed by atoms with van der Waals surface area (Å²) in [5, 5.41) is 27.1. The Labute approximate surface area is 229 Å². The number of hydrogen-bond acceptors (Lipinski definition) is 6. The number of carboxylic acids is 1. The fourth-order valence-corrected chi connectivity index (χ4v) is 4.07. The number of carboxylic acid groups (broad SMARTS) is 1. The smallest absolute Gasteiger partial charge is 0.326 e. The quantitative estimate of drug-likeness (QED) is 0.212. The summed E-state index contributed by atoms with van der Waals surface area (Å²) < 4.78 is 0. The predicted octanol–water partition coefficient (Wildman–Crippen LogP) is 1.75. The molecule has 2 aromatic carbocycles. The zero-order valence-electron chi connectivity index (χ0n) is 22.9. The first-order chi connectivity index (χ1) is 18.4. The summed E-state index contributed by atoms with van der Waals surface area (Å²) in [5.41, 5.74) is 7.48. The zero-order valence-corrected chi connectivity index (χ0v) is 22.9. The summed E-state index contributed by atoms with van der Waals surface area (Å²) in [6.45, 7) is 7.21. The monoisotopic (exact) mass is 540 g/mol. The van der Waals surface area contributed by atoms with Gasteiger partial charge in [0.05, 0.1) is 6.04 Å². The Morgan fingerprint density at radius 3 is 1.72 bits per heavy atom. The van der Waals surface area contributed by atoms with Gasteiger partial charge in [-0.05, 0) is 41.5 Å². The van der Waals surface area contributed by atoms with Crippen molar-refractivity contribution in [2.24, 2.45) is 17.6 Å². The van der Waals surface area contributed by atoms with E-state index in [2.05, 4.69) is 16.0 Å². The van der Waals surface area contributed by atoms with Gasteiger partial charge in [0.25, 0.3) is 0 Å². The van der Waals surface area contributed by atoms with E-state index in [0.717, 1.165) is 5.56 Å². The number of carbonyl (C=O) groups is 4. The van der Waals surface area contributed by atoms with Crippen LogP contribution < -0.4 is 21.7 Å². The van der Waals surface area contributed by atoms with Crippen molar-refractivity contribution < 1.29 is 29.4 Å². The third-order valence-corrected chi connectivity index (χ3v) is 6.22. The molecule has 0 bridgehead atoms. The summed E-state index contributed by atoms with van der Waals surface area (Å²) in [4.78, 5) is 51.3. The lowest BCUT2D eigenvalue weighted by Gasteiger charge is -2.26. The van der Waals surface area contributed by atoms with Crippen molar-refractivity contribution in [2.45, 2.75) is 71.1 Å². The van der Waals surface area contributed by atoms with Crippen molar-refractivity contribution in [1.29, 1.82) is 0 Å². The van der Waals surface area contributed by atoms with Crippen LogP contribution in [0, 0.1) is 11.8 Å². The molecule has 3 amide bonds. The average Bonchev–Trinajstić information content (AvgIpc) is 2.87. The molecule has 212 valence electrons. The molecule has 7 N–H and O–H groups in total. The Hall–Kier alpha value is -3.92. The van der Waals surface area contributed by atoms with Crippen LogP contribution in [0.2, 0.25) is 0 Å². The molecule has 0 aliphatic carbocycles. The molecule has 10 nitrogen and oxygen atoms in total. The lowest BCUT2D eigenvalue weighted by atomic mass is 10.00. The van der Waals surface area contributed by atoms with Gasteiger partial charge in [0.15, 0.2) is 0 Å². The van der Waals surface area contributed by atoms with Crippen molar-refractivity contribution in [3.8, 4) is 5.75 Å². The number of carbonyl (C=O) groups excluding carboxylic acids is 3. The Kier molecular flexibility index (Phi) is 11.9. The molecule has 0 aliphatic heterocycles. The van der Waals surface area contributed by atoms with Crippen LogP contribution in [0.5, 0.6) is 5.75 Å². The van der Waals surface area contributed by atoms with Gasteiger partial charge < -0.3 is 31.9 Å². The maximum atomic E-state index is 13.5. The molecule has 0 saturated carbocycles. The highest BCUT2D eigenvalue weighted by Crippen LogP contribution is 2.13. The molecule has 0 fully saturated rings. The van der Waals surface area contributed by atoms with Gasteiger partial charge in [-0.15, -0.1) is 0 Å². The maximum absolute atomic E-state index is 13.5. The number of aliphatic carboxylic acids is 1. The van der Waals surface area contributed by atoms with Crippen LogP contribution in [-0.2, 0) is 32.0 Å². The van der Waals surface area contributed by atoms with Crippen LogP contribution in [0.3, 0.4) is 0 Å². The number of nitrogens with one attached hydrogen (secondary N) is 3. The molecule has 39 heavy (non-hydrogen) atoms. The Morgan fingerprint density at radius 1 is 0.744 bits per heavy atom.